The van der Waals surface area contributed by atoms with Crippen LogP contribution in [0.25, 0.3) is 0 Å². The number of aromatic nitrogens is 2. The first-order valence-corrected chi connectivity index (χ1v) is 8.85. The van der Waals surface area contributed by atoms with E-state index in [1.54, 1.807) is 13.1 Å². The fourth-order valence-corrected chi connectivity index (χ4v) is 3.85. The molecule has 0 radical (unpaired) electrons. The fraction of sp³-hybridized carbons (Fsp3) is 0.400. The molecule has 0 fully saturated rings. The van der Waals surface area contributed by atoms with Crippen molar-refractivity contribution in [3.63, 3.8) is 0 Å². The number of fused-ring (bicyclic) bond motifs is 1. The summed E-state index contributed by atoms with van der Waals surface area (Å²) >= 11 is 0. The molecule has 0 spiro atoms. The lowest BCUT2D eigenvalue weighted by Crippen LogP contribution is -2.49. The Morgan fingerprint density at radius 1 is 1.35 bits per heavy atom. The number of benzene rings is 1. The Labute approximate surface area is 153 Å². The van der Waals surface area contributed by atoms with Gasteiger partial charge in [0.05, 0.1) is 18.4 Å². The van der Waals surface area contributed by atoms with E-state index in [1.165, 1.54) is 6.20 Å². The maximum absolute atomic E-state index is 12.3. The van der Waals surface area contributed by atoms with Gasteiger partial charge in [-0.05, 0) is 25.0 Å². The lowest BCUT2D eigenvalue weighted by Gasteiger charge is -2.45. The van der Waals surface area contributed by atoms with Crippen molar-refractivity contribution in [2.45, 2.75) is 46.2 Å². The monoisotopic (exact) mass is 349 g/mol. The average Bonchev–Trinajstić information content (AvgIpc) is 2.63. The number of nitrogens with zero attached hydrogens (tertiary/aromatic N) is 4. The molecule has 134 valence electrons. The number of carbonyl (C=O) groups is 1. The molecule has 0 aliphatic carbocycles. The molecule has 0 saturated heterocycles. The van der Waals surface area contributed by atoms with E-state index in [9.17, 15) is 4.79 Å². The maximum Gasteiger partial charge on any atom is 0.224 e. The van der Waals surface area contributed by atoms with E-state index >= 15 is 0 Å². The summed E-state index contributed by atoms with van der Waals surface area (Å²) in [5.41, 5.74) is 3.47. The van der Waals surface area contributed by atoms with E-state index in [4.69, 9.17) is 5.26 Å². The Kier molecular flexibility index (Phi) is 4.90. The molecular weight excluding hydrogens is 326 g/mol. The zero-order chi connectivity index (χ0) is 18.8. The van der Waals surface area contributed by atoms with Crippen LogP contribution < -0.4 is 10.2 Å². The first-order valence-electron chi connectivity index (χ1n) is 8.85. The van der Waals surface area contributed by atoms with Crippen LogP contribution in [0.5, 0.6) is 0 Å². The number of nitrogens with one attached hydrogen (secondary N) is 1. The van der Waals surface area contributed by atoms with Crippen LogP contribution in [0.2, 0.25) is 0 Å². The van der Waals surface area contributed by atoms with Crippen LogP contribution in [0.4, 0.5) is 11.5 Å². The second kappa shape index (κ2) is 7.12. The first kappa shape index (κ1) is 17.9. The Morgan fingerprint density at radius 2 is 2.12 bits per heavy atom. The summed E-state index contributed by atoms with van der Waals surface area (Å²) in [6.45, 7) is 7.94. The van der Waals surface area contributed by atoms with Gasteiger partial charge in [-0.15, -0.1) is 0 Å². The molecule has 3 unspecified atom stereocenters. The third-order valence-corrected chi connectivity index (χ3v) is 5.07. The van der Waals surface area contributed by atoms with Crippen molar-refractivity contribution in [2.75, 3.05) is 10.2 Å². The van der Waals surface area contributed by atoms with Gasteiger partial charge < -0.3 is 10.2 Å². The van der Waals surface area contributed by atoms with Crippen molar-refractivity contribution >= 4 is 17.4 Å². The molecule has 1 aromatic heterocycles. The summed E-state index contributed by atoms with van der Waals surface area (Å²) in [4.78, 5) is 22.7. The van der Waals surface area contributed by atoms with E-state index < -0.39 is 0 Å². The summed E-state index contributed by atoms with van der Waals surface area (Å²) in [5.74, 6) is 0.875. The maximum atomic E-state index is 12.3. The zero-order valence-corrected chi connectivity index (χ0v) is 15.5. The number of rotatable bonds is 3. The lowest BCUT2D eigenvalue weighted by molar-refractivity contribution is -0.117. The molecular formula is C20H23N5O. The minimum Gasteiger partial charge on any atom is -0.362 e. The van der Waals surface area contributed by atoms with Crippen LogP contribution in [0.15, 0.2) is 30.6 Å². The van der Waals surface area contributed by atoms with Crippen LogP contribution in [0, 0.1) is 24.2 Å². The molecule has 1 aromatic carbocycles. The predicted molar refractivity (Wildman–Crippen MR) is 101 cm³/mol. The summed E-state index contributed by atoms with van der Waals surface area (Å²) in [6.07, 6.45) is 3.91. The van der Waals surface area contributed by atoms with Crippen molar-refractivity contribution in [1.29, 1.82) is 5.26 Å². The van der Waals surface area contributed by atoms with Crippen molar-refractivity contribution in [3.8, 4) is 6.07 Å². The quantitative estimate of drug-likeness (QED) is 0.916. The van der Waals surface area contributed by atoms with Crippen LogP contribution in [0.1, 0.15) is 50.1 Å². The molecule has 0 saturated carbocycles. The molecule has 26 heavy (non-hydrogen) atoms. The predicted octanol–water partition coefficient (Wildman–Crippen LogP) is 3.59. The van der Waals surface area contributed by atoms with Crippen LogP contribution in [-0.4, -0.2) is 21.9 Å². The van der Waals surface area contributed by atoms with Crippen molar-refractivity contribution in [2.24, 2.45) is 5.92 Å². The number of hydrogen-bond donors (Lipinski definition) is 1. The van der Waals surface area contributed by atoms with Crippen molar-refractivity contribution in [3.05, 3.63) is 47.4 Å². The van der Waals surface area contributed by atoms with Gasteiger partial charge in [-0.3, -0.25) is 4.79 Å². The fourth-order valence-electron chi connectivity index (χ4n) is 3.85. The van der Waals surface area contributed by atoms with E-state index in [-0.39, 0.29) is 29.6 Å². The molecule has 1 N–H and O–H groups in total. The van der Waals surface area contributed by atoms with Gasteiger partial charge in [0.15, 0.2) is 5.69 Å². The second-order valence-electron chi connectivity index (χ2n) is 6.81. The second-order valence-corrected chi connectivity index (χ2v) is 6.81. The SMILES string of the molecule is CCC1C(C)C(Nc2cnc(C#N)cn2)c2cc(C)ccc2N1C(C)=O. The largest absolute Gasteiger partial charge is 0.362 e. The smallest absolute Gasteiger partial charge is 0.224 e. The molecule has 3 atom stereocenters. The highest BCUT2D eigenvalue weighted by Crippen LogP contribution is 2.43. The Hall–Kier alpha value is -2.94. The van der Waals surface area contributed by atoms with Crippen molar-refractivity contribution in [1.82, 2.24) is 9.97 Å². The van der Waals surface area contributed by atoms with Gasteiger partial charge in [0, 0.05) is 24.6 Å². The highest BCUT2D eigenvalue weighted by Gasteiger charge is 2.39. The molecule has 3 rings (SSSR count). The molecule has 1 aliphatic heterocycles. The Morgan fingerprint density at radius 3 is 2.69 bits per heavy atom. The number of anilines is 2. The molecule has 2 aromatic rings. The molecule has 2 heterocycles. The standard InChI is InChI=1S/C20H23N5O/c1-5-17-13(3)20(24-19-11-22-15(9-21)10-23-19)16-8-12(2)6-7-18(16)25(17)14(4)26/h6-8,10-11,13,17,20H,5H2,1-4H3,(H,23,24). The van der Waals surface area contributed by atoms with Gasteiger partial charge in [0.25, 0.3) is 0 Å². The Balaban J connectivity index is 2.05. The molecule has 1 amide bonds. The highest BCUT2D eigenvalue weighted by atomic mass is 16.2. The average molecular weight is 349 g/mol. The Bertz CT molecular complexity index is 855. The topological polar surface area (TPSA) is 81.9 Å². The van der Waals surface area contributed by atoms with Gasteiger partial charge in [0.2, 0.25) is 5.91 Å². The molecule has 1 aliphatic rings. The number of aryl methyl sites for hydroxylation is 1. The first-order chi connectivity index (χ1) is 12.5. The summed E-state index contributed by atoms with van der Waals surface area (Å²) in [6, 6.07) is 8.28. The third-order valence-electron chi connectivity index (χ3n) is 5.07. The number of amides is 1. The normalized spacial score (nSPS) is 21.7. The van der Waals surface area contributed by atoms with Gasteiger partial charge in [-0.1, -0.05) is 31.5 Å². The van der Waals surface area contributed by atoms with E-state index in [2.05, 4.69) is 35.2 Å². The minimum atomic E-state index is 0.00712. The summed E-state index contributed by atoms with van der Waals surface area (Å²) < 4.78 is 0. The van der Waals surface area contributed by atoms with Crippen molar-refractivity contribution < 1.29 is 4.79 Å². The van der Waals surface area contributed by atoms with E-state index in [0.717, 1.165) is 23.2 Å². The number of hydrogen-bond acceptors (Lipinski definition) is 5. The molecule has 0 bridgehead atoms. The molecule has 6 heteroatoms. The lowest BCUT2D eigenvalue weighted by atomic mass is 9.80. The van der Waals surface area contributed by atoms with Crippen LogP contribution >= 0.6 is 0 Å². The van der Waals surface area contributed by atoms with Gasteiger partial charge in [-0.25, -0.2) is 9.97 Å². The van der Waals surface area contributed by atoms with Crippen LogP contribution in [-0.2, 0) is 4.79 Å². The van der Waals surface area contributed by atoms with Crippen LogP contribution in [0.3, 0.4) is 0 Å². The van der Waals surface area contributed by atoms with Gasteiger partial charge >= 0.3 is 0 Å². The summed E-state index contributed by atoms with van der Waals surface area (Å²) in [7, 11) is 0. The van der Waals surface area contributed by atoms with E-state index in [0.29, 0.717) is 5.82 Å². The zero-order valence-electron chi connectivity index (χ0n) is 15.5. The number of carbonyl (C=O) groups excluding carboxylic acids is 1. The third kappa shape index (κ3) is 3.13. The molecule has 6 nitrogen and oxygen atoms in total. The number of nitriles is 1. The van der Waals surface area contributed by atoms with E-state index in [1.807, 2.05) is 30.0 Å². The van der Waals surface area contributed by atoms with Gasteiger partial charge in [-0.2, -0.15) is 5.26 Å². The van der Waals surface area contributed by atoms with Gasteiger partial charge in [0.1, 0.15) is 11.9 Å². The highest BCUT2D eigenvalue weighted by molar-refractivity contribution is 5.94. The minimum absolute atomic E-state index is 0.00712. The summed E-state index contributed by atoms with van der Waals surface area (Å²) in [5, 5.41) is 12.4.